The van der Waals surface area contributed by atoms with Crippen molar-refractivity contribution in [1.82, 2.24) is 14.5 Å². The molecule has 2 aromatic heterocycles. The molecule has 0 radical (unpaired) electrons. The summed E-state index contributed by atoms with van der Waals surface area (Å²) in [5.74, 6) is 2.50. The standard InChI is InChI=1S/C31H30N4O/c1-31(2,3)22-11-13-26-27-14-12-25(20-29(27)35(28(26)18-22)30-10-5-6-15-32-30)36-24-9-7-8-23(19-24)34-17-16-33(4)21-34/h5-20H,21H2,1-4H3. The zero-order valence-electron chi connectivity index (χ0n) is 21.1. The molecule has 3 heterocycles. The van der Waals surface area contributed by atoms with Crippen molar-refractivity contribution in [2.24, 2.45) is 0 Å². The molecule has 5 heteroatoms. The molecule has 1 aliphatic rings. The van der Waals surface area contributed by atoms with Crippen molar-refractivity contribution in [2.75, 3.05) is 18.6 Å². The quantitative estimate of drug-likeness (QED) is 0.271. The summed E-state index contributed by atoms with van der Waals surface area (Å²) in [4.78, 5) is 9.03. The molecule has 0 aliphatic carbocycles. The van der Waals surface area contributed by atoms with Crippen LogP contribution >= 0.6 is 0 Å². The van der Waals surface area contributed by atoms with E-state index < -0.39 is 0 Å². The Morgan fingerprint density at radius 2 is 1.56 bits per heavy atom. The van der Waals surface area contributed by atoms with Crippen LogP contribution in [0.1, 0.15) is 26.3 Å². The molecule has 0 spiro atoms. The minimum Gasteiger partial charge on any atom is -0.457 e. The largest absolute Gasteiger partial charge is 0.457 e. The fraction of sp³-hybridized carbons (Fsp3) is 0.194. The van der Waals surface area contributed by atoms with Gasteiger partial charge in [-0.15, -0.1) is 0 Å². The lowest BCUT2D eigenvalue weighted by Crippen LogP contribution is -2.21. The number of pyridine rings is 1. The fourth-order valence-corrected chi connectivity index (χ4v) is 4.82. The molecule has 0 fully saturated rings. The molecule has 0 bridgehead atoms. The summed E-state index contributed by atoms with van der Waals surface area (Å²) in [6, 6.07) is 27.4. The van der Waals surface area contributed by atoms with Crippen molar-refractivity contribution < 1.29 is 4.74 Å². The fourth-order valence-electron chi connectivity index (χ4n) is 4.82. The second kappa shape index (κ2) is 8.45. The van der Waals surface area contributed by atoms with Crippen molar-refractivity contribution in [3.63, 3.8) is 0 Å². The van der Waals surface area contributed by atoms with E-state index in [4.69, 9.17) is 9.72 Å². The van der Waals surface area contributed by atoms with Crippen LogP contribution in [0.5, 0.6) is 11.5 Å². The third-order valence-electron chi connectivity index (χ3n) is 6.74. The molecule has 0 saturated carbocycles. The average molecular weight is 475 g/mol. The Labute approximate surface area is 211 Å². The SMILES string of the molecule is CN1C=CN(c2cccc(Oc3ccc4c5ccc(C(C)(C)C)cc5n(-c5ccccn5)c4c3)c2)C1. The van der Waals surface area contributed by atoms with E-state index in [1.807, 2.05) is 30.5 Å². The minimum atomic E-state index is 0.0538. The molecule has 5 aromatic rings. The number of hydrogen-bond donors (Lipinski definition) is 0. The van der Waals surface area contributed by atoms with Crippen molar-refractivity contribution in [2.45, 2.75) is 26.2 Å². The first-order chi connectivity index (χ1) is 17.4. The Morgan fingerprint density at radius 3 is 2.28 bits per heavy atom. The van der Waals surface area contributed by atoms with Crippen LogP contribution in [0.15, 0.2) is 97.5 Å². The van der Waals surface area contributed by atoms with Gasteiger partial charge in [0, 0.05) is 54.2 Å². The van der Waals surface area contributed by atoms with E-state index in [0.717, 1.165) is 40.7 Å². The smallest absolute Gasteiger partial charge is 0.137 e. The summed E-state index contributed by atoms with van der Waals surface area (Å²) in [6.45, 7) is 7.57. The zero-order valence-corrected chi connectivity index (χ0v) is 21.1. The van der Waals surface area contributed by atoms with Crippen LogP contribution in [0.2, 0.25) is 0 Å². The Kier molecular flexibility index (Phi) is 5.22. The van der Waals surface area contributed by atoms with Crippen LogP contribution in [0.3, 0.4) is 0 Å². The van der Waals surface area contributed by atoms with E-state index in [1.54, 1.807) is 0 Å². The van der Waals surface area contributed by atoms with E-state index in [2.05, 4.69) is 109 Å². The Hall–Kier alpha value is -4.25. The van der Waals surface area contributed by atoms with Crippen LogP contribution in [-0.2, 0) is 5.41 Å². The number of fused-ring (bicyclic) bond motifs is 3. The van der Waals surface area contributed by atoms with Crippen molar-refractivity contribution in [3.8, 4) is 17.3 Å². The number of anilines is 1. The lowest BCUT2D eigenvalue weighted by molar-refractivity contribution is 0.481. The van der Waals surface area contributed by atoms with Gasteiger partial charge in [-0.05, 0) is 53.4 Å². The molecule has 5 nitrogen and oxygen atoms in total. The molecule has 3 aromatic carbocycles. The highest BCUT2D eigenvalue weighted by Crippen LogP contribution is 2.37. The normalized spacial score (nSPS) is 13.8. The maximum Gasteiger partial charge on any atom is 0.137 e. The maximum atomic E-state index is 6.38. The first-order valence-corrected chi connectivity index (χ1v) is 12.3. The zero-order chi connectivity index (χ0) is 24.9. The van der Waals surface area contributed by atoms with Crippen LogP contribution in [0.25, 0.3) is 27.6 Å². The first-order valence-electron chi connectivity index (χ1n) is 12.3. The van der Waals surface area contributed by atoms with Gasteiger partial charge in [-0.25, -0.2) is 4.98 Å². The summed E-state index contributed by atoms with van der Waals surface area (Å²) in [7, 11) is 2.07. The van der Waals surface area contributed by atoms with Gasteiger partial charge < -0.3 is 14.5 Å². The predicted molar refractivity (Wildman–Crippen MR) is 148 cm³/mol. The van der Waals surface area contributed by atoms with Gasteiger partial charge in [-0.2, -0.15) is 0 Å². The highest BCUT2D eigenvalue weighted by molar-refractivity contribution is 6.09. The molecular weight excluding hydrogens is 444 g/mol. The van der Waals surface area contributed by atoms with E-state index in [0.29, 0.717) is 0 Å². The highest BCUT2D eigenvalue weighted by atomic mass is 16.5. The summed E-state index contributed by atoms with van der Waals surface area (Å²) < 4.78 is 8.62. The second-order valence-electron chi connectivity index (χ2n) is 10.4. The summed E-state index contributed by atoms with van der Waals surface area (Å²) in [6.07, 6.45) is 6.00. The Morgan fingerprint density at radius 1 is 0.778 bits per heavy atom. The molecule has 0 N–H and O–H groups in total. The number of nitrogens with zero attached hydrogens (tertiary/aromatic N) is 4. The second-order valence-corrected chi connectivity index (χ2v) is 10.4. The van der Waals surface area contributed by atoms with Crippen LogP contribution < -0.4 is 9.64 Å². The molecule has 36 heavy (non-hydrogen) atoms. The van der Waals surface area contributed by atoms with Crippen LogP contribution in [0, 0.1) is 0 Å². The number of ether oxygens (including phenoxy) is 1. The highest BCUT2D eigenvalue weighted by Gasteiger charge is 2.19. The third kappa shape index (κ3) is 3.97. The molecule has 6 rings (SSSR count). The predicted octanol–water partition coefficient (Wildman–Crippen LogP) is 7.45. The molecule has 0 amide bonds. The van der Waals surface area contributed by atoms with E-state index in [9.17, 15) is 0 Å². The molecule has 0 unspecified atom stereocenters. The van der Waals surface area contributed by atoms with Gasteiger partial charge in [0.05, 0.1) is 17.7 Å². The molecule has 0 atom stereocenters. The third-order valence-corrected chi connectivity index (χ3v) is 6.74. The summed E-state index contributed by atoms with van der Waals surface area (Å²) in [5, 5.41) is 2.39. The van der Waals surface area contributed by atoms with Gasteiger partial charge in [-0.3, -0.25) is 4.57 Å². The molecular formula is C31H30N4O. The van der Waals surface area contributed by atoms with Crippen molar-refractivity contribution in [1.29, 1.82) is 0 Å². The van der Waals surface area contributed by atoms with Gasteiger partial charge in [0.2, 0.25) is 0 Å². The summed E-state index contributed by atoms with van der Waals surface area (Å²) >= 11 is 0. The molecule has 1 aliphatic heterocycles. The lowest BCUT2D eigenvalue weighted by atomic mass is 9.86. The Balaban J connectivity index is 1.46. The monoisotopic (exact) mass is 474 g/mol. The van der Waals surface area contributed by atoms with Gasteiger partial charge in [0.1, 0.15) is 17.3 Å². The minimum absolute atomic E-state index is 0.0538. The summed E-state index contributed by atoms with van der Waals surface area (Å²) in [5.41, 5.74) is 4.68. The number of benzene rings is 3. The number of aromatic nitrogens is 2. The Bertz CT molecular complexity index is 1590. The van der Waals surface area contributed by atoms with Gasteiger partial charge in [0.15, 0.2) is 0 Å². The number of hydrogen-bond acceptors (Lipinski definition) is 4. The molecule has 0 saturated heterocycles. The first kappa shape index (κ1) is 22.2. The van der Waals surface area contributed by atoms with E-state index >= 15 is 0 Å². The van der Waals surface area contributed by atoms with Crippen LogP contribution in [-0.4, -0.2) is 28.2 Å². The topological polar surface area (TPSA) is 33.5 Å². The van der Waals surface area contributed by atoms with Gasteiger partial charge in [0.25, 0.3) is 0 Å². The average Bonchev–Trinajstić information content (AvgIpc) is 3.44. The van der Waals surface area contributed by atoms with Gasteiger partial charge >= 0.3 is 0 Å². The van der Waals surface area contributed by atoms with Gasteiger partial charge in [-0.1, -0.05) is 45.0 Å². The van der Waals surface area contributed by atoms with Crippen molar-refractivity contribution >= 4 is 27.5 Å². The van der Waals surface area contributed by atoms with Crippen LogP contribution in [0.4, 0.5) is 5.69 Å². The van der Waals surface area contributed by atoms with E-state index in [-0.39, 0.29) is 5.41 Å². The maximum absolute atomic E-state index is 6.38. The lowest BCUT2D eigenvalue weighted by Gasteiger charge is -2.19. The van der Waals surface area contributed by atoms with E-state index in [1.165, 1.54) is 16.3 Å². The molecule has 180 valence electrons. The van der Waals surface area contributed by atoms with Crippen molar-refractivity contribution in [3.05, 3.63) is 103 Å². The number of rotatable bonds is 4.